The number of aromatic carboxylic acids is 1. The molecule has 0 fully saturated rings. The van der Waals surface area contributed by atoms with Crippen molar-refractivity contribution in [2.45, 2.75) is 0 Å². The van der Waals surface area contributed by atoms with E-state index in [0.29, 0.717) is 4.47 Å². The number of ether oxygens (including phenoxy) is 1. The second-order valence-corrected chi connectivity index (χ2v) is 3.84. The van der Waals surface area contributed by atoms with Crippen molar-refractivity contribution in [1.29, 1.82) is 0 Å². The van der Waals surface area contributed by atoms with Gasteiger partial charge in [-0.05, 0) is 28.1 Å². The van der Waals surface area contributed by atoms with E-state index in [0.717, 1.165) is 12.3 Å². The number of hydrogen-bond acceptors (Lipinski definition) is 4. The van der Waals surface area contributed by atoms with Gasteiger partial charge >= 0.3 is 12.0 Å². The average Bonchev–Trinajstić information content (AvgIpc) is 2.72. The summed E-state index contributed by atoms with van der Waals surface area (Å²) >= 11 is 2.99. The zero-order valence-electron chi connectivity index (χ0n) is 8.18. The van der Waals surface area contributed by atoms with Crippen molar-refractivity contribution in [3.8, 4) is 11.8 Å². The molecule has 17 heavy (non-hydrogen) atoms. The van der Waals surface area contributed by atoms with Gasteiger partial charge < -0.3 is 14.3 Å². The zero-order chi connectivity index (χ0) is 12.4. The lowest BCUT2D eigenvalue weighted by atomic mass is 10.3. The molecular formula is C10H5BrFNO4. The average molecular weight is 302 g/mol. The van der Waals surface area contributed by atoms with Crippen LogP contribution in [-0.4, -0.2) is 16.1 Å². The van der Waals surface area contributed by atoms with E-state index in [-0.39, 0.29) is 17.5 Å². The third-order valence-corrected chi connectivity index (χ3v) is 2.44. The fourth-order valence-corrected chi connectivity index (χ4v) is 1.29. The molecule has 0 aliphatic rings. The first-order valence-corrected chi connectivity index (χ1v) is 5.17. The van der Waals surface area contributed by atoms with Gasteiger partial charge in [0.25, 0.3) is 0 Å². The third kappa shape index (κ3) is 2.62. The predicted octanol–water partition coefficient (Wildman–Crippen LogP) is 3.07. The van der Waals surface area contributed by atoms with Crippen molar-refractivity contribution < 1.29 is 23.4 Å². The van der Waals surface area contributed by atoms with Crippen LogP contribution in [0.15, 0.2) is 33.4 Å². The molecule has 0 unspecified atom stereocenters. The van der Waals surface area contributed by atoms with Gasteiger partial charge in [0.1, 0.15) is 17.8 Å². The van der Waals surface area contributed by atoms with E-state index in [4.69, 9.17) is 14.3 Å². The van der Waals surface area contributed by atoms with Gasteiger partial charge in [0.15, 0.2) is 5.69 Å². The number of aromatic nitrogens is 1. The van der Waals surface area contributed by atoms with Gasteiger partial charge in [-0.2, -0.15) is 4.98 Å². The minimum atomic E-state index is -1.23. The number of benzene rings is 1. The zero-order valence-corrected chi connectivity index (χ0v) is 9.77. The number of nitrogens with zero attached hydrogens (tertiary/aromatic N) is 1. The van der Waals surface area contributed by atoms with Crippen LogP contribution in [-0.2, 0) is 0 Å². The monoisotopic (exact) mass is 301 g/mol. The smallest absolute Gasteiger partial charge is 0.399 e. The molecular weight excluding hydrogens is 297 g/mol. The van der Waals surface area contributed by atoms with Crippen molar-refractivity contribution in [2.24, 2.45) is 0 Å². The summed E-state index contributed by atoms with van der Waals surface area (Å²) < 4.78 is 23.2. The SMILES string of the molecule is O=C(O)c1coc(Oc2ccc(Br)c(F)c2)n1. The Bertz CT molecular complexity index is 569. The summed E-state index contributed by atoms with van der Waals surface area (Å²) in [5, 5.41) is 8.60. The number of rotatable bonds is 3. The molecule has 7 heteroatoms. The summed E-state index contributed by atoms with van der Waals surface area (Å²) in [6.07, 6.45) is 0.677. The van der Waals surface area contributed by atoms with Crippen molar-refractivity contribution in [2.75, 3.05) is 0 Å². The standard InChI is InChI=1S/C10H5BrFNO4/c11-6-2-1-5(3-7(6)12)17-10-13-8(4-16-10)9(14)15/h1-4H,(H,14,15). The molecule has 5 nitrogen and oxygen atoms in total. The van der Waals surface area contributed by atoms with Gasteiger partial charge in [-0.15, -0.1) is 0 Å². The second kappa shape index (κ2) is 4.54. The molecule has 0 aliphatic carbocycles. The Morgan fingerprint density at radius 3 is 2.88 bits per heavy atom. The first-order chi connectivity index (χ1) is 8.06. The van der Waals surface area contributed by atoms with Gasteiger partial charge in [0, 0.05) is 6.07 Å². The summed E-state index contributed by atoms with van der Waals surface area (Å²) in [6, 6.07) is 4.05. The van der Waals surface area contributed by atoms with Crippen LogP contribution < -0.4 is 4.74 Å². The molecule has 0 amide bonds. The molecule has 0 spiro atoms. The molecule has 2 rings (SSSR count). The first kappa shape index (κ1) is 11.6. The summed E-state index contributed by atoms with van der Waals surface area (Å²) in [5.41, 5.74) is -0.280. The van der Waals surface area contributed by atoms with Crippen LogP contribution in [0, 0.1) is 5.82 Å². The Morgan fingerprint density at radius 1 is 1.53 bits per heavy atom. The fraction of sp³-hybridized carbons (Fsp3) is 0. The van der Waals surface area contributed by atoms with E-state index in [1.807, 2.05) is 0 Å². The molecule has 88 valence electrons. The van der Waals surface area contributed by atoms with Crippen LogP contribution in [0.5, 0.6) is 11.8 Å². The van der Waals surface area contributed by atoms with Crippen molar-refractivity contribution in [3.63, 3.8) is 0 Å². The highest BCUT2D eigenvalue weighted by atomic mass is 79.9. The Kier molecular flexibility index (Phi) is 3.10. The lowest BCUT2D eigenvalue weighted by molar-refractivity contribution is 0.0690. The molecule has 1 heterocycles. The minimum absolute atomic E-state index is 0.157. The van der Waals surface area contributed by atoms with Crippen LogP contribution in [0.25, 0.3) is 0 Å². The van der Waals surface area contributed by atoms with E-state index < -0.39 is 11.8 Å². The molecule has 0 saturated carbocycles. The Hall–Kier alpha value is -1.89. The fourth-order valence-electron chi connectivity index (χ4n) is 1.04. The normalized spacial score (nSPS) is 10.2. The topological polar surface area (TPSA) is 72.6 Å². The van der Waals surface area contributed by atoms with Crippen LogP contribution >= 0.6 is 15.9 Å². The van der Waals surface area contributed by atoms with Crippen molar-refractivity contribution in [1.82, 2.24) is 4.98 Å². The molecule has 2 aromatic rings. The van der Waals surface area contributed by atoms with Gasteiger partial charge in [-0.3, -0.25) is 0 Å². The lowest BCUT2D eigenvalue weighted by Gasteiger charge is -2.00. The lowest BCUT2D eigenvalue weighted by Crippen LogP contribution is -1.95. The van der Waals surface area contributed by atoms with Gasteiger partial charge in [0.05, 0.1) is 4.47 Å². The van der Waals surface area contributed by atoms with Crippen molar-refractivity contribution in [3.05, 3.63) is 40.4 Å². The first-order valence-electron chi connectivity index (χ1n) is 4.38. The largest absolute Gasteiger partial charge is 0.476 e. The summed E-state index contributed by atoms with van der Waals surface area (Å²) in [7, 11) is 0. The van der Waals surface area contributed by atoms with Gasteiger partial charge in [-0.25, -0.2) is 9.18 Å². The van der Waals surface area contributed by atoms with Crippen LogP contribution in [0.4, 0.5) is 4.39 Å². The molecule has 1 aromatic heterocycles. The minimum Gasteiger partial charge on any atom is -0.476 e. The Morgan fingerprint density at radius 2 is 2.29 bits per heavy atom. The Balaban J connectivity index is 2.19. The maximum atomic E-state index is 13.1. The second-order valence-electron chi connectivity index (χ2n) is 2.98. The molecule has 0 radical (unpaired) electrons. The number of carboxylic acid groups (broad SMARTS) is 1. The highest BCUT2D eigenvalue weighted by Crippen LogP contribution is 2.25. The molecule has 0 atom stereocenters. The van der Waals surface area contributed by atoms with E-state index in [1.165, 1.54) is 12.1 Å². The molecule has 0 bridgehead atoms. The highest BCUT2D eigenvalue weighted by molar-refractivity contribution is 9.10. The quantitative estimate of drug-likeness (QED) is 0.943. The highest BCUT2D eigenvalue weighted by Gasteiger charge is 2.12. The molecule has 1 aromatic carbocycles. The molecule has 1 N–H and O–H groups in total. The molecule has 0 saturated heterocycles. The Labute approximate surface area is 103 Å². The summed E-state index contributed by atoms with van der Waals surface area (Å²) in [5.74, 6) is -1.58. The molecule has 0 aliphatic heterocycles. The number of oxazole rings is 1. The summed E-state index contributed by atoms with van der Waals surface area (Å²) in [6.45, 7) is 0. The maximum Gasteiger partial charge on any atom is 0.399 e. The van der Waals surface area contributed by atoms with Crippen molar-refractivity contribution >= 4 is 21.9 Å². The maximum absolute atomic E-state index is 13.1. The van der Waals surface area contributed by atoms with E-state index in [9.17, 15) is 9.18 Å². The summed E-state index contributed by atoms with van der Waals surface area (Å²) in [4.78, 5) is 14.1. The van der Waals surface area contributed by atoms with Gasteiger partial charge in [0.2, 0.25) is 0 Å². The van der Waals surface area contributed by atoms with Gasteiger partial charge in [-0.1, -0.05) is 0 Å². The van der Waals surface area contributed by atoms with E-state index in [1.54, 1.807) is 0 Å². The van der Waals surface area contributed by atoms with Crippen LogP contribution in [0.3, 0.4) is 0 Å². The van der Waals surface area contributed by atoms with Crippen LogP contribution in [0.2, 0.25) is 0 Å². The number of carboxylic acids is 1. The number of carbonyl (C=O) groups is 1. The van der Waals surface area contributed by atoms with E-state index in [2.05, 4.69) is 20.9 Å². The third-order valence-electron chi connectivity index (χ3n) is 1.80. The van der Waals surface area contributed by atoms with E-state index >= 15 is 0 Å². The number of halogens is 2. The predicted molar refractivity (Wildman–Crippen MR) is 57.6 cm³/mol. The number of hydrogen-bond donors (Lipinski definition) is 1. The van der Waals surface area contributed by atoms with Crippen LogP contribution in [0.1, 0.15) is 10.5 Å².